The van der Waals surface area contributed by atoms with Gasteiger partial charge < -0.3 is 19.5 Å². The van der Waals surface area contributed by atoms with Crippen molar-refractivity contribution in [1.82, 2.24) is 4.90 Å². The molecule has 0 fully saturated rings. The highest BCUT2D eigenvalue weighted by molar-refractivity contribution is 9.10. The van der Waals surface area contributed by atoms with Crippen molar-refractivity contribution < 1.29 is 28.6 Å². The molecule has 0 heterocycles. The molecule has 0 radical (unpaired) electrons. The molecule has 2 rings (SSSR count). The summed E-state index contributed by atoms with van der Waals surface area (Å²) >= 11 is 3.13. The van der Waals surface area contributed by atoms with E-state index < -0.39 is 29.6 Å². The number of carbonyl (C=O) groups excluding carboxylic acids is 2. The van der Waals surface area contributed by atoms with Crippen LogP contribution < -0.4 is 4.74 Å². The molecule has 1 atom stereocenters. The highest BCUT2D eigenvalue weighted by atomic mass is 79.9. The zero-order chi connectivity index (χ0) is 21.8. The van der Waals surface area contributed by atoms with Crippen LogP contribution in [0.1, 0.15) is 42.8 Å². The van der Waals surface area contributed by atoms with Gasteiger partial charge in [0, 0.05) is 11.5 Å². The van der Waals surface area contributed by atoms with Crippen LogP contribution in [0, 0.1) is 5.82 Å². The van der Waals surface area contributed by atoms with Crippen molar-refractivity contribution in [3.05, 3.63) is 63.9 Å². The second kappa shape index (κ2) is 9.37. The van der Waals surface area contributed by atoms with Crippen LogP contribution in [0.3, 0.4) is 0 Å². The van der Waals surface area contributed by atoms with Gasteiger partial charge in [-0.2, -0.15) is 0 Å². The van der Waals surface area contributed by atoms with Gasteiger partial charge in [0.15, 0.2) is 0 Å². The zero-order valence-corrected chi connectivity index (χ0v) is 18.2. The lowest BCUT2D eigenvalue weighted by Gasteiger charge is -2.26. The Labute approximate surface area is 177 Å². The number of nitrogens with zero attached hydrogens (tertiary/aromatic N) is 1. The van der Waals surface area contributed by atoms with Crippen LogP contribution in [0.5, 0.6) is 5.75 Å². The van der Waals surface area contributed by atoms with Crippen molar-refractivity contribution in [2.45, 2.75) is 32.5 Å². The number of carbonyl (C=O) groups is 2. The lowest BCUT2D eigenvalue weighted by atomic mass is 10.1. The molecule has 0 saturated heterocycles. The van der Waals surface area contributed by atoms with Crippen LogP contribution in [-0.2, 0) is 4.74 Å². The first kappa shape index (κ1) is 22.8. The summed E-state index contributed by atoms with van der Waals surface area (Å²) in [6.07, 6.45) is -1.50. The van der Waals surface area contributed by atoms with Gasteiger partial charge in [-0.1, -0.05) is 28.1 Å². The third-order valence-corrected chi connectivity index (χ3v) is 4.27. The maximum Gasteiger partial charge on any atom is 0.410 e. The summed E-state index contributed by atoms with van der Waals surface area (Å²) in [6.45, 7) is 5.30. The largest absolute Gasteiger partial charge is 0.444 e. The number of amides is 1. The molecular formula is C21H23BrFNO5. The van der Waals surface area contributed by atoms with Crippen molar-refractivity contribution in [2.24, 2.45) is 0 Å². The first-order valence-electron chi connectivity index (χ1n) is 8.85. The summed E-state index contributed by atoms with van der Waals surface area (Å²) in [5.41, 5.74) is -0.290. The Morgan fingerprint density at radius 3 is 2.34 bits per heavy atom. The van der Waals surface area contributed by atoms with E-state index in [2.05, 4.69) is 15.9 Å². The fraction of sp³-hybridized carbons (Fsp3) is 0.333. The molecular weight excluding hydrogens is 445 g/mol. The average molecular weight is 468 g/mol. The first-order chi connectivity index (χ1) is 13.5. The number of aliphatic hydroxyl groups excluding tert-OH is 1. The summed E-state index contributed by atoms with van der Waals surface area (Å²) in [6, 6.07) is 10.1. The van der Waals surface area contributed by atoms with E-state index in [-0.39, 0.29) is 17.9 Å². The molecule has 156 valence electrons. The van der Waals surface area contributed by atoms with Crippen molar-refractivity contribution in [3.63, 3.8) is 0 Å². The van der Waals surface area contributed by atoms with Gasteiger partial charge in [0.05, 0.1) is 18.2 Å². The Kier molecular flexibility index (Phi) is 7.37. The van der Waals surface area contributed by atoms with E-state index in [9.17, 15) is 19.1 Å². The monoisotopic (exact) mass is 467 g/mol. The molecule has 1 N–H and O–H groups in total. The minimum atomic E-state index is -0.957. The molecule has 0 aromatic heterocycles. The molecule has 0 aliphatic carbocycles. The van der Waals surface area contributed by atoms with Gasteiger partial charge in [0.1, 0.15) is 17.2 Å². The zero-order valence-electron chi connectivity index (χ0n) is 16.6. The predicted molar refractivity (Wildman–Crippen MR) is 109 cm³/mol. The Morgan fingerprint density at radius 2 is 1.79 bits per heavy atom. The van der Waals surface area contributed by atoms with Crippen LogP contribution in [0.25, 0.3) is 0 Å². The lowest BCUT2D eigenvalue weighted by molar-refractivity contribution is 0.0205. The van der Waals surface area contributed by atoms with E-state index in [1.54, 1.807) is 39.0 Å². The van der Waals surface area contributed by atoms with Crippen LogP contribution in [0.15, 0.2) is 46.9 Å². The Morgan fingerprint density at radius 1 is 1.17 bits per heavy atom. The molecule has 0 spiro atoms. The number of hydrogen-bond acceptors (Lipinski definition) is 5. The third-order valence-electron chi connectivity index (χ3n) is 3.78. The molecule has 8 heteroatoms. The number of halogens is 2. The van der Waals surface area contributed by atoms with E-state index in [0.29, 0.717) is 10.0 Å². The number of rotatable bonds is 5. The molecule has 0 aliphatic heterocycles. The molecule has 6 nitrogen and oxygen atoms in total. The van der Waals surface area contributed by atoms with E-state index in [4.69, 9.17) is 9.47 Å². The minimum absolute atomic E-state index is 0.0259. The second-order valence-corrected chi connectivity index (χ2v) is 8.38. The highest BCUT2D eigenvalue weighted by Gasteiger charge is 2.22. The summed E-state index contributed by atoms with van der Waals surface area (Å²) in [4.78, 5) is 25.4. The van der Waals surface area contributed by atoms with Gasteiger partial charge in [0.25, 0.3) is 0 Å². The van der Waals surface area contributed by atoms with Crippen LogP contribution in [-0.4, -0.2) is 41.3 Å². The van der Waals surface area contributed by atoms with Crippen molar-refractivity contribution in [1.29, 1.82) is 0 Å². The topological polar surface area (TPSA) is 76.1 Å². The fourth-order valence-corrected chi connectivity index (χ4v) is 2.69. The number of aliphatic hydroxyl groups is 1. The molecule has 1 unspecified atom stereocenters. The van der Waals surface area contributed by atoms with Crippen molar-refractivity contribution in [3.8, 4) is 5.75 Å². The minimum Gasteiger partial charge on any atom is -0.444 e. The van der Waals surface area contributed by atoms with Gasteiger partial charge in [-0.3, -0.25) is 0 Å². The first-order valence-corrected chi connectivity index (χ1v) is 9.65. The highest BCUT2D eigenvalue weighted by Crippen LogP contribution is 2.21. The van der Waals surface area contributed by atoms with Gasteiger partial charge in [-0.05, 0) is 56.7 Å². The number of benzene rings is 2. The molecule has 0 saturated carbocycles. The van der Waals surface area contributed by atoms with Gasteiger partial charge in [0.2, 0.25) is 0 Å². The SMILES string of the molecule is CN(CC(O)c1ccc(OC(=O)c2ccc(Br)cc2F)cc1)C(=O)OC(C)(C)C. The van der Waals surface area contributed by atoms with Crippen LogP contribution in [0.4, 0.5) is 9.18 Å². The van der Waals surface area contributed by atoms with E-state index in [1.807, 2.05) is 0 Å². The molecule has 0 bridgehead atoms. The van der Waals surface area contributed by atoms with Gasteiger partial charge >= 0.3 is 12.1 Å². The van der Waals surface area contributed by atoms with Crippen LogP contribution in [0.2, 0.25) is 0 Å². The van der Waals surface area contributed by atoms with Crippen LogP contribution >= 0.6 is 15.9 Å². The number of esters is 1. The van der Waals surface area contributed by atoms with E-state index in [0.717, 1.165) is 0 Å². The summed E-state index contributed by atoms with van der Waals surface area (Å²) in [5, 5.41) is 10.3. The number of likely N-dealkylation sites (N-methyl/N-ethyl adjacent to an activating group) is 1. The summed E-state index contributed by atoms with van der Waals surface area (Å²) in [7, 11) is 1.53. The third kappa shape index (κ3) is 6.83. The van der Waals surface area contributed by atoms with Crippen molar-refractivity contribution in [2.75, 3.05) is 13.6 Å². The van der Waals surface area contributed by atoms with Gasteiger partial charge in [-0.25, -0.2) is 14.0 Å². The standard InChI is InChI=1S/C21H23BrFNO5/c1-21(2,3)29-20(27)24(4)12-18(25)13-5-8-15(9-6-13)28-19(26)16-10-7-14(22)11-17(16)23/h5-11,18,25H,12H2,1-4H3. The smallest absolute Gasteiger partial charge is 0.410 e. The average Bonchev–Trinajstić information content (AvgIpc) is 2.60. The van der Waals surface area contributed by atoms with E-state index >= 15 is 0 Å². The molecule has 1 amide bonds. The maximum absolute atomic E-state index is 13.9. The quantitative estimate of drug-likeness (QED) is 0.508. The molecule has 2 aromatic carbocycles. The second-order valence-electron chi connectivity index (χ2n) is 7.46. The predicted octanol–water partition coefficient (Wildman–Crippen LogP) is 4.71. The molecule has 2 aromatic rings. The Bertz CT molecular complexity index is 880. The maximum atomic E-state index is 13.9. The fourth-order valence-electron chi connectivity index (χ4n) is 2.35. The molecule has 0 aliphatic rings. The Balaban J connectivity index is 1.98. The Hall–Kier alpha value is -2.45. The normalized spacial score (nSPS) is 12.2. The number of hydrogen-bond donors (Lipinski definition) is 1. The van der Waals surface area contributed by atoms with Crippen molar-refractivity contribution >= 4 is 28.0 Å². The lowest BCUT2D eigenvalue weighted by Crippen LogP contribution is -2.36. The van der Waals surface area contributed by atoms with E-state index in [1.165, 1.54) is 36.2 Å². The summed E-state index contributed by atoms with van der Waals surface area (Å²) in [5.74, 6) is -1.32. The van der Waals surface area contributed by atoms with Gasteiger partial charge in [-0.15, -0.1) is 0 Å². The number of ether oxygens (including phenoxy) is 2. The molecule has 29 heavy (non-hydrogen) atoms. The summed E-state index contributed by atoms with van der Waals surface area (Å²) < 4.78 is 24.8.